The molecule has 0 aliphatic carbocycles. The summed E-state index contributed by atoms with van der Waals surface area (Å²) >= 11 is 0. The minimum atomic E-state index is -0.208. The lowest BCUT2D eigenvalue weighted by molar-refractivity contribution is 0.103. The molecule has 0 aliphatic heterocycles. The molecule has 0 saturated heterocycles. The van der Waals surface area contributed by atoms with Gasteiger partial charge in [0, 0.05) is 38.4 Å². The minimum absolute atomic E-state index is 0.0215. The number of carbonyl (C=O) groups is 1. The molecule has 2 heterocycles. The molecule has 4 nitrogen and oxygen atoms in total. The van der Waals surface area contributed by atoms with Crippen LogP contribution in [0.15, 0.2) is 146 Å². The van der Waals surface area contributed by atoms with E-state index in [1.54, 1.807) is 24.3 Å². The molecule has 0 fully saturated rings. The summed E-state index contributed by atoms with van der Waals surface area (Å²) in [4.78, 5) is 13.3. The standard InChI is InChI=1S/C38H27N3O/c39-28-23-21-26(22-24-28)37(42)25-17-19-27(20-18-25)38(40-33-13-5-1-9-29(33)30-10-2-6-14-34(30)40)41-35-15-7-3-11-31(35)32-12-4-8-16-36(32)41/h1-24,38H,39H2. The highest BCUT2D eigenvalue weighted by Crippen LogP contribution is 2.40. The van der Waals surface area contributed by atoms with Crippen LogP contribution in [0.25, 0.3) is 43.6 Å². The number of carbonyl (C=O) groups excluding carboxylic acids is 1. The van der Waals surface area contributed by atoms with Crippen molar-refractivity contribution in [1.29, 1.82) is 0 Å². The van der Waals surface area contributed by atoms with Crippen LogP contribution in [0.1, 0.15) is 27.7 Å². The maximum Gasteiger partial charge on any atom is 0.193 e. The van der Waals surface area contributed by atoms with E-state index in [-0.39, 0.29) is 11.9 Å². The summed E-state index contributed by atoms with van der Waals surface area (Å²) < 4.78 is 4.89. The second-order valence-corrected chi connectivity index (χ2v) is 10.8. The molecule has 200 valence electrons. The highest BCUT2D eigenvalue weighted by atomic mass is 16.1. The van der Waals surface area contributed by atoms with Crippen LogP contribution in [0.3, 0.4) is 0 Å². The van der Waals surface area contributed by atoms with Gasteiger partial charge in [0.2, 0.25) is 0 Å². The van der Waals surface area contributed by atoms with E-state index < -0.39 is 0 Å². The lowest BCUT2D eigenvalue weighted by Crippen LogP contribution is -2.19. The fourth-order valence-corrected chi connectivity index (χ4v) is 6.45. The molecule has 0 amide bonds. The number of nitrogens with two attached hydrogens (primary N) is 1. The first-order valence-electron chi connectivity index (χ1n) is 14.1. The zero-order chi connectivity index (χ0) is 28.2. The molecule has 0 bridgehead atoms. The van der Waals surface area contributed by atoms with Crippen molar-refractivity contribution in [1.82, 2.24) is 9.13 Å². The van der Waals surface area contributed by atoms with Crippen LogP contribution < -0.4 is 5.73 Å². The number of nitrogen functional groups attached to an aromatic ring is 1. The summed E-state index contributed by atoms with van der Waals surface area (Å²) in [5.74, 6) is -0.0215. The van der Waals surface area contributed by atoms with Gasteiger partial charge in [0.15, 0.2) is 5.78 Å². The molecule has 8 aromatic rings. The molecular weight excluding hydrogens is 514 g/mol. The Morgan fingerprint density at radius 1 is 0.452 bits per heavy atom. The third-order valence-electron chi connectivity index (χ3n) is 8.37. The van der Waals surface area contributed by atoms with Crippen molar-refractivity contribution in [2.45, 2.75) is 6.17 Å². The van der Waals surface area contributed by atoms with Crippen LogP contribution in [0, 0.1) is 0 Å². The molecule has 4 heteroatoms. The van der Waals surface area contributed by atoms with Gasteiger partial charge in [-0.1, -0.05) is 97.1 Å². The van der Waals surface area contributed by atoms with Crippen LogP contribution in [0.4, 0.5) is 5.69 Å². The summed E-state index contributed by atoms with van der Waals surface area (Å²) in [5.41, 5.74) is 13.5. The first-order valence-corrected chi connectivity index (χ1v) is 14.1. The third kappa shape index (κ3) is 3.66. The van der Waals surface area contributed by atoms with Gasteiger partial charge >= 0.3 is 0 Å². The second-order valence-electron chi connectivity index (χ2n) is 10.8. The van der Waals surface area contributed by atoms with E-state index in [2.05, 4.69) is 118 Å². The van der Waals surface area contributed by atoms with E-state index in [9.17, 15) is 4.79 Å². The Labute approximate surface area is 242 Å². The van der Waals surface area contributed by atoms with Gasteiger partial charge in [-0.25, -0.2) is 0 Å². The molecule has 0 spiro atoms. The monoisotopic (exact) mass is 541 g/mol. The number of para-hydroxylation sites is 4. The van der Waals surface area contributed by atoms with Gasteiger partial charge in [-0.3, -0.25) is 4.79 Å². The van der Waals surface area contributed by atoms with E-state index in [4.69, 9.17) is 5.73 Å². The first-order chi connectivity index (χ1) is 20.7. The minimum Gasteiger partial charge on any atom is -0.399 e. The topological polar surface area (TPSA) is 53.0 Å². The van der Waals surface area contributed by atoms with Gasteiger partial charge in [0.1, 0.15) is 6.17 Å². The Bertz CT molecular complexity index is 2050. The number of rotatable bonds is 5. The van der Waals surface area contributed by atoms with Gasteiger partial charge in [0.25, 0.3) is 0 Å². The van der Waals surface area contributed by atoms with Crippen molar-refractivity contribution < 1.29 is 4.79 Å². The number of hydrogen-bond donors (Lipinski definition) is 1. The Morgan fingerprint density at radius 3 is 1.17 bits per heavy atom. The normalized spacial score (nSPS) is 11.7. The highest BCUT2D eigenvalue weighted by Gasteiger charge is 2.25. The van der Waals surface area contributed by atoms with Crippen molar-refractivity contribution in [3.05, 3.63) is 162 Å². The van der Waals surface area contributed by atoms with Crippen molar-refractivity contribution in [2.75, 3.05) is 5.73 Å². The smallest absolute Gasteiger partial charge is 0.193 e. The number of hydrogen-bond acceptors (Lipinski definition) is 2. The largest absolute Gasteiger partial charge is 0.399 e. The highest BCUT2D eigenvalue weighted by molar-refractivity contribution is 6.11. The van der Waals surface area contributed by atoms with Crippen molar-refractivity contribution >= 4 is 55.1 Å². The van der Waals surface area contributed by atoms with Gasteiger partial charge in [-0.15, -0.1) is 0 Å². The van der Waals surface area contributed by atoms with Gasteiger partial charge in [0.05, 0.1) is 22.1 Å². The van der Waals surface area contributed by atoms with Crippen LogP contribution in [-0.4, -0.2) is 14.9 Å². The SMILES string of the molecule is Nc1ccc(C(=O)c2ccc(C(n3c4ccccc4c4ccccc43)n3c4ccccc4c4ccccc43)cc2)cc1. The van der Waals surface area contributed by atoms with Crippen molar-refractivity contribution in [2.24, 2.45) is 0 Å². The van der Waals surface area contributed by atoms with E-state index in [0.29, 0.717) is 16.8 Å². The average molecular weight is 542 g/mol. The summed E-state index contributed by atoms with van der Waals surface area (Å²) in [5, 5.41) is 4.87. The Kier molecular flexibility index (Phi) is 5.47. The lowest BCUT2D eigenvalue weighted by atomic mass is 10.0. The number of aromatic nitrogens is 2. The third-order valence-corrected chi connectivity index (χ3v) is 8.37. The maximum atomic E-state index is 13.3. The zero-order valence-electron chi connectivity index (χ0n) is 22.8. The maximum absolute atomic E-state index is 13.3. The number of nitrogens with zero attached hydrogens (tertiary/aromatic N) is 2. The van der Waals surface area contributed by atoms with E-state index in [1.807, 2.05) is 12.1 Å². The molecule has 6 aromatic carbocycles. The Balaban J connectivity index is 1.41. The number of fused-ring (bicyclic) bond motifs is 6. The predicted octanol–water partition coefficient (Wildman–Crippen LogP) is 8.81. The molecule has 42 heavy (non-hydrogen) atoms. The molecule has 8 rings (SSSR count). The van der Waals surface area contributed by atoms with Crippen LogP contribution in [0.2, 0.25) is 0 Å². The summed E-state index contributed by atoms with van der Waals surface area (Å²) in [7, 11) is 0. The van der Waals surface area contributed by atoms with Crippen molar-refractivity contribution in [3.8, 4) is 0 Å². The summed E-state index contributed by atoms with van der Waals surface area (Å²) in [6.07, 6.45) is -0.208. The zero-order valence-corrected chi connectivity index (χ0v) is 22.8. The molecular formula is C38H27N3O. The number of benzene rings is 6. The quantitative estimate of drug-likeness (QED) is 0.175. The number of anilines is 1. The van der Waals surface area contributed by atoms with Gasteiger partial charge < -0.3 is 14.9 Å². The fraction of sp³-hybridized carbons (Fsp3) is 0.0263. The first kappa shape index (κ1) is 24.2. The molecule has 0 unspecified atom stereocenters. The molecule has 0 radical (unpaired) electrons. The van der Waals surface area contributed by atoms with Crippen LogP contribution in [0.5, 0.6) is 0 Å². The van der Waals surface area contributed by atoms with Crippen LogP contribution >= 0.6 is 0 Å². The molecule has 2 aromatic heterocycles. The van der Waals surface area contributed by atoms with E-state index in [1.165, 1.54) is 21.5 Å². The van der Waals surface area contributed by atoms with Gasteiger partial charge in [-0.2, -0.15) is 0 Å². The second kappa shape index (κ2) is 9.50. The molecule has 2 N–H and O–H groups in total. The molecule has 0 atom stereocenters. The fourth-order valence-electron chi connectivity index (χ4n) is 6.45. The van der Waals surface area contributed by atoms with Crippen LogP contribution in [-0.2, 0) is 0 Å². The Hall–Kier alpha value is -5.61. The van der Waals surface area contributed by atoms with Gasteiger partial charge in [-0.05, 0) is 54.1 Å². The number of ketones is 1. The Morgan fingerprint density at radius 2 is 0.786 bits per heavy atom. The molecule has 0 aliphatic rings. The average Bonchev–Trinajstić information content (AvgIpc) is 3.55. The molecule has 0 saturated carbocycles. The summed E-state index contributed by atoms with van der Waals surface area (Å²) in [6.45, 7) is 0. The lowest BCUT2D eigenvalue weighted by Gasteiger charge is -2.26. The predicted molar refractivity (Wildman–Crippen MR) is 173 cm³/mol. The summed E-state index contributed by atoms with van der Waals surface area (Å²) in [6, 6.07) is 49.6. The van der Waals surface area contributed by atoms with E-state index in [0.717, 1.165) is 27.6 Å². The van der Waals surface area contributed by atoms with Crippen molar-refractivity contribution in [3.63, 3.8) is 0 Å². The van der Waals surface area contributed by atoms with E-state index >= 15 is 0 Å².